The molecular weight excluding hydrogens is 430 g/mol. The minimum absolute atomic E-state index is 0.0733. The number of nitrogens with one attached hydrogen (secondary N) is 3. The Kier molecular flexibility index (Phi) is 5.54. The average Bonchev–Trinajstić information content (AvgIpc) is 3.14. The van der Waals surface area contributed by atoms with Crippen LogP contribution in [0.1, 0.15) is 12.5 Å². The van der Waals surface area contributed by atoms with E-state index in [0.29, 0.717) is 39.4 Å². The highest BCUT2D eigenvalue weighted by Crippen LogP contribution is 2.34. The third-order valence-corrected chi connectivity index (χ3v) is 6.15. The summed E-state index contributed by atoms with van der Waals surface area (Å²) in [6.45, 7) is 3.28. The van der Waals surface area contributed by atoms with Gasteiger partial charge >= 0.3 is 0 Å². The van der Waals surface area contributed by atoms with Gasteiger partial charge in [-0.05, 0) is 48.9 Å². The Hall–Kier alpha value is -3.92. The zero-order valence-electron chi connectivity index (χ0n) is 17.6. The molecule has 0 aliphatic heterocycles. The molecule has 4 aromatic rings. The third kappa shape index (κ3) is 4.26. The van der Waals surface area contributed by atoms with Crippen LogP contribution in [0, 0.1) is 6.92 Å². The highest BCUT2D eigenvalue weighted by molar-refractivity contribution is 7.92. The molecule has 2 aromatic heterocycles. The van der Waals surface area contributed by atoms with Crippen molar-refractivity contribution in [3.05, 3.63) is 60.3 Å². The van der Waals surface area contributed by atoms with E-state index in [1.54, 1.807) is 36.5 Å². The predicted octanol–water partition coefficient (Wildman–Crippen LogP) is 3.70. The van der Waals surface area contributed by atoms with E-state index in [-0.39, 0.29) is 10.8 Å². The molecule has 0 spiro atoms. The van der Waals surface area contributed by atoms with E-state index in [1.165, 1.54) is 26.2 Å². The maximum Gasteiger partial charge on any atom is 0.261 e. The highest BCUT2D eigenvalue weighted by Gasteiger charge is 2.19. The number of rotatable bonds is 6. The van der Waals surface area contributed by atoms with Crippen molar-refractivity contribution in [3.63, 3.8) is 0 Å². The quantitative estimate of drug-likeness (QED) is 0.410. The summed E-state index contributed by atoms with van der Waals surface area (Å²) in [4.78, 5) is 15.9. The first-order chi connectivity index (χ1) is 15.3. The Labute approximate surface area is 184 Å². The molecule has 0 saturated heterocycles. The van der Waals surface area contributed by atoms with Gasteiger partial charge in [0.25, 0.3) is 10.0 Å². The van der Waals surface area contributed by atoms with Gasteiger partial charge in [-0.25, -0.2) is 13.4 Å². The van der Waals surface area contributed by atoms with Crippen LogP contribution in [0.5, 0.6) is 5.75 Å². The molecule has 10 heteroatoms. The van der Waals surface area contributed by atoms with Crippen molar-refractivity contribution in [1.82, 2.24) is 15.2 Å². The fourth-order valence-corrected chi connectivity index (χ4v) is 4.40. The van der Waals surface area contributed by atoms with Gasteiger partial charge < -0.3 is 10.1 Å². The summed E-state index contributed by atoms with van der Waals surface area (Å²) in [5.74, 6) is 0.629. The van der Waals surface area contributed by atoms with E-state index in [1.807, 2.05) is 13.0 Å². The molecule has 0 aliphatic carbocycles. The molecule has 0 aliphatic rings. The minimum atomic E-state index is -3.84. The lowest BCUT2D eigenvalue weighted by atomic mass is 10.1. The molecule has 0 fully saturated rings. The van der Waals surface area contributed by atoms with Gasteiger partial charge in [-0.1, -0.05) is 12.1 Å². The summed E-state index contributed by atoms with van der Waals surface area (Å²) in [5, 5.41) is 10.1. The van der Waals surface area contributed by atoms with Crippen LogP contribution in [-0.4, -0.2) is 36.6 Å². The lowest BCUT2D eigenvalue weighted by molar-refractivity contribution is -0.114. The first-order valence-corrected chi connectivity index (χ1v) is 11.1. The largest absolute Gasteiger partial charge is 0.496 e. The van der Waals surface area contributed by atoms with Crippen molar-refractivity contribution >= 4 is 38.5 Å². The summed E-state index contributed by atoms with van der Waals surface area (Å²) >= 11 is 0. The number of H-pyrrole nitrogens is 1. The average molecular weight is 452 g/mol. The van der Waals surface area contributed by atoms with Crippen molar-refractivity contribution in [2.24, 2.45) is 0 Å². The van der Waals surface area contributed by atoms with Crippen LogP contribution in [0.2, 0.25) is 0 Å². The standard InChI is InChI=1S/C22H21N5O4S/c1-13-5-4-6-16(9-13)27-32(29,30)17-7-8-20(31-3)18(11-17)15-10-19-21(23-12-15)25-26-22(19)24-14(2)28/h4-12,27H,1-3H3,(H2,23,24,25,26,28). The molecule has 1 amide bonds. The first-order valence-electron chi connectivity index (χ1n) is 9.66. The van der Waals surface area contributed by atoms with E-state index in [9.17, 15) is 13.2 Å². The Morgan fingerprint density at radius 3 is 2.66 bits per heavy atom. The van der Waals surface area contributed by atoms with E-state index in [2.05, 4.69) is 25.2 Å². The number of fused-ring (bicyclic) bond motifs is 1. The number of carbonyl (C=O) groups excluding carboxylic acids is 1. The van der Waals surface area contributed by atoms with Crippen molar-refractivity contribution in [1.29, 1.82) is 0 Å². The monoisotopic (exact) mass is 451 g/mol. The van der Waals surface area contributed by atoms with Crippen LogP contribution in [0.25, 0.3) is 22.2 Å². The number of ether oxygens (including phenoxy) is 1. The van der Waals surface area contributed by atoms with Gasteiger partial charge in [0.05, 0.1) is 17.4 Å². The number of anilines is 2. The van der Waals surface area contributed by atoms with Crippen LogP contribution in [0.15, 0.2) is 59.6 Å². The second kappa shape index (κ2) is 8.31. The number of methoxy groups -OCH3 is 1. The summed E-state index contributed by atoms with van der Waals surface area (Å²) in [6.07, 6.45) is 1.57. The number of aromatic amines is 1. The number of hydrogen-bond acceptors (Lipinski definition) is 6. The second-order valence-electron chi connectivity index (χ2n) is 7.21. The SMILES string of the molecule is COc1ccc(S(=O)(=O)Nc2cccc(C)c2)cc1-c1cnc2n[nH]c(NC(C)=O)c2c1. The number of sulfonamides is 1. The van der Waals surface area contributed by atoms with Crippen LogP contribution in [0.3, 0.4) is 0 Å². The Balaban J connectivity index is 1.78. The smallest absolute Gasteiger partial charge is 0.261 e. The number of aryl methyl sites for hydroxylation is 1. The number of pyridine rings is 1. The molecular formula is C22H21N5O4S. The van der Waals surface area contributed by atoms with E-state index in [0.717, 1.165) is 5.56 Å². The van der Waals surface area contributed by atoms with Crippen molar-refractivity contribution in [2.45, 2.75) is 18.7 Å². The molecule has 0 bridgehead atoms. The molecule has 164 valence electrons. The summed E-state index contributed by atoms with van der Waals surface area (Å²) in [6, 6.07) is 13.5. The Bertz CT molecular complexity index is 1430. The fourth-order valence-electron chi connectivity index (χ4n) is 3.32. The van der Waals surface area contributed by atoms with E-state index in [4.69, 9.17) is 4.74 Å². The summed E-state index contributed by atoms with van der Waals surface area (Å²) < 4.78 is 34.1. The molecule has 0 saturated carbocycles. The van der Waals surface area contributed by atoms with Gasteiger partial charge in [0.15, 0.2) is 5.65 Å². The normalized spacial score (nSPS) is 11.3. The number of aromatic nitrogens is 3. The number of amides is 1. The molecule has 0 atom stereocenters. The number of nitrogens with zero attached hydrogens (tertiary/aromatic N) is 2. The molecule has 3 N–H and O–H groups in total. The zero-order chi connectivity index (χ0) is 22.9. The molecule has 2 heterocycles. The predicted molar refractivity (Wildman–Crippen MR) is 122 cm³/mol. The maximum atomic E-state index is 13.0. The molecule has 0 radical (unpaired) electrons. The van der Waals surface area contributed by atoms with Crippen molar-refractivity contribution in [3.8, 4) is 16.9 Å². The van der Waals surface area contributed by atoms with E-state index >= 15 is 0 Å². The second-order valence-corrected chi connectivity index (χ2v) is 8.89. The maximum absolute atomic E-state index is 13.0. The number of benzene rings is 2. The van der Waals surface area contributed by atoms with Crippen LogP contribution < -0.4 is 14.8 Å². The Morgan fingerprint density at radius 1 is 1.12 bits per heavy atom. The molecule has 0 unspecified atom stereocenters. The lowest BCUT2D eigenvalue weighted by Crippen LogP contribution is -2.13. The minimum Gasteiger partial charge on any atom is -0.496 e. The molecule has 32 heavy (non-hydrogen) atoms. The van der Waals surface area contributed by atoms with Gasteiger partial charge in [0.1, 0.15) is 11.6 Å². The van der Waals surface area contributed by atoms with Gasteiger partial charge in [0.2, 0.25) is 5.91 Å². The zero-order valence-corrected chi connectivity index (χ0v) is 18.4. The third-order valence-electron chi connectivity index (χ3n) is 4.77. The molecule has 4 rings (SSSR count). The highest BCUT2D eigenvalue weighted by atomic mass is 32.2. The Morgan fingerprint density at radius 2 is 1.94 bits per heavy atom. The summed E-state index contributed by atoms with van der Waals surface area (Å²) in [7, 11) is -2.34. The molecule has 2 aromatic carbocycles. The van der Waals surface area contributed by atoms with Crippen molar-refractivity contribution < 1.29 is 17.9 Å². The fraction of sp³-hybridized carbons (Fsp3) is 0.136. The first kappa shape index (κ1) is 21.3. The van der Waals surface area contributed by atoms with Crippen molar-refractivity contribution in [2.75, 3.05) is 17.1 Å². The van der Waals surface area contributed by atoms with Crippen LogP contribution >= 0.6 is 0 Å². The van der Waals surface area contributed by atoms with Crippen LogP contribution in [0.4, 0.5) is 11.5 Å². The van der Waals surface area contributed by atoms with Gasteiger partial charge in [-0.15, -0.1) is 0 Å². The number of hydrogen-bond donors (Lipinski definition) is 3. The van der Waals surface area contributed by atoms with E-state index < -0.39 is 10.0 Å². The topological polar surface area (TPSA) is 126 Å². The molecule has 9 nitrogen and oxygen atoms in total. The van der Waals surface area contributed by atoms with Gasteiger partial charge in [-0.3, -0.25) is 14.6 Å². The number of carbonyl (C=O) groups is 1. The lowest BCUT2D eigenvalue weighted by Gasteiger charge is -2.13. The van der Waals surface area contributed by atoms with Gasteiger partial charge in [-0.2, -0.15) is 5.10 Å². The van der Waals surface area contributed by atoms with Crippen LogP contribution in [-0.2, 0) is 14.8 Å². The van der Waals surface area contributed by atoms with Gasteiger partial charge in [0, 0.05) is 29.9 Å². The summed E-state index contributed by atoms with van der Waals surface area (Å²) in [5.41, 5.74) is 2.97.